The second-order valence-electron chi connectivity index (χ2n) is 24.8. The van der Waals surface area contributed by atoms with Crippen molar-refractivity contribution in [3.8, 4) is 5.75 Å². The lowest BCUT2D eigenvalue weighted by Crippen LogP contribution is -2.62. The van der Waals surface area contributed by atoms with Crippen LogP contribution in [-0.4, -0.2) is 148 Å². The predicted octanol–water partition coefficient (Wildman–Crippen LogP) is 1.59. The van der Waals surface area contributed by atoms with E-state index < -0.39 is 138 Å². The fourth-order valence-corrected chi connectivity index (χ4v) is 11.5. The molecule has 24 heteroatoms. The Morgan fingerprint density at radius 2 is 0.798 bits per heavy atom. The smallest absolute Gasteiger partial charge is 0.246 e. The number of nitrogens with one attached hydrogen (secondary N) is 9. The Morgan fingerprint density at radius 3 is 1.22 bits per heavy atom. The average molecular weight is 1290 g/mol. The zero-order valence-corrected chi connectivity index (χ0v) is 53.5. The molecule has 0 radical (unpaired) electrons. The van der Waals surface area contributed by atoms with Gasteiger partial charge in [-0.15, -0.1) is 0 Å². The number of hydrogen-bond acceptors (Lipinski definition) is 13. The van der Waals surface area contributed by atoms with Gasteiger partial charge >= 0.3 is 0 Å². The molecule has 2 fully saturated rings. The van der Waals surface area contributed by atoms with Crippen LogP contribution in [0.25, 0.3) is 0 Å². The number of hydrogen-bond donors (Lipinski definition) is 12. The second-order valence-corrected chi connectivity index (χ2v) is 24.8. The van der Waals surface area contributed by atoms with Crippen LogP contribution < -0.4 is 59.3 Å². The molecule has 0 saturated carbocycles. The Labute approximate surface area is 547 Å². The van der Waals surface area contributed by atoms with E-state index >= 15 is 9.59 Å². The number of nitrogens with two attached hydrogens (primary N) is 2. The molecule has 2 saturated heterocycles. The maximum Gasteiger partial charge on any atom is 0.246 e. The normalized spacial score (nSPS) is 23.7. The molecule has 10 atom stereocenters. The van der Waals surface area contributed by atoms with Crippen LogP contribution in [0.4, 0.5) is 0 Å². The number of amides is 11. The third-order valence-electron chi connectivity index (χ3n) is 16.4. The van der Waals surface area contributed by atoms with Crippen LogP contribution in [0.5, 0.6) is 5.75 Å². The van der Waals surface area contributed by atoms with Gasteiger partial charge < -0.3 is 69.3 Å². The molecule has 24 nitrogen and oxygen atoms in total. The Balaban J connectivity index is 1.32. The lowest BCUT2D eigenvalue weighted by atomic mass is 9.98. The standard InChI is InChI=1S/C70H88N12O12/c1-42(2)35-51-62(86)80-57(40-47-25-15-8-16-26-47)70(94)82-34-18-28-58(82)68(92)79-54(38-46-23-13-7-14-24-46)65(89)75-53(37-45-21-11-6-12-22-45)64(88)78-56(41-59(72)84)66(90)76-52(36-44-19-9-5-10-20-44)63(87)77-55(39-48-29-31-49(83)32-30-48)67(91)81-60(43(3)4)69(93)73-50(27-17-33-71)61(85)74-51/h5-16,19-26,29-32,42-43,50-58,60,83H,17-18,27-28,33-41,71H2,1-4H3,(H2,72,84)(H,73,93)(H,74,85)(H,75,89)(H,76,90)(H,77,87)(H,78,88)(H,79,92)(H,80,86)(H,81,91)/t50-,51-,52-,53+,54-,55-,56-,57+,58-,60-/m0/s1. The molecule has 0 spiro atoms. The highest BCUT2D eigenvalue weighted by Crippen LogP contribution is 2.22. The highest BCUT2D eigenvalue weighted by Gasteiger charge is 2.42. The van der Waals surface area contributed by atoms with Crippen LogP contribution >= 0.6 is 0 Å². The van der Waals surface area contributed by atoms with Crippen molar-refractivity contribution in [3.05, 3.63) is 173 Å². The Morgan fingerprint density at radius 1 is 0.447 bits per heavy atom. The minimum absolute atomic E-state index is 0.00342. The maximum atomic E-state index is 15.2. The molecule has 5 aromatic rings. The summed E-state index contributed by atoms with van der Waals surface area (Å²) in [5.41, 5.74) is 14.5. The molecule has 2 aliphatic rings. The van der Waals surface area contributed by atoms with Gasteiger partial charge in [-0.3, -0.25) is 52.7 Å². The number of phenols is 1. The molecule has 0 aromatic heterocycles. The van der Waals surface area contributed by atoms with Gasteiger partial charge in [-0.25, -0.2) is 0 Å². The van der Waals surface area contributed by atoms with Crippen molar-refractivity contribution in [1.82, 2.24) is 52.8 Å². The lowest BCUT2D eigenvalue weighted by Gasteiger charge is -2.32. The third-order valence-corrected chi connectivity index (χ3v) is 16.4. The van der Waals surface area contributed by atoms with E-state index in [4.69, 9.17) is 11.5 Å². The van der Waals surface area contributed by atoms with Crippen LogP contribution in [0.2, 0.25) is 0 Å². The molecular formula is C70H88N12O12. The van der Waals surface area contributed by atoms with Crippen LogP contribution in [0.1, 0.15) is 94.0 Å². The minimum atomic E-state index is -1.77. The van der Waals surface area contributed by atoms with Crippen molar-refractivity contribution >= 4 is 65.0 Å². The molecule has 0 aliphatic carbocycles. The molecular weight excluding hydrogens is 1200 g/mol. The third kappa shape index (κ3) is 21.6. The van der Waals surface area contributed by atoms with Gasteiger partial charge in [-0.2, -0.15) is 0 Å². The largest absolute Gasteiger partial charge is 0.508 e. The van der Waals surface area contributed by atoms with Crippen LogP contribution in [-0.2, 0) is 84.8 Å². The van der Waals surface area contributed by atoms with E-state index in [2.05, 4.69) is 47.9 Å². The number of nitrogens with zero attached hydrogens (tertiary/aromatic N) is 1. The van der Waals surface area contributed by atoms with E-state index in [0.717, 1.165) is 0 Å². The van der Waals surface area contributed by atoms with Gasteiger partial charge in [0.1, 0.15) is 66.2 Å². The molecule has 0 bridgehead atoms. The van der Waals surface area contributed by atoms with Gasteiger partial charge in [0.05, 0.1) is 6.42 Å². The molecule has 14 N–H and O–H groups in total. The van der Waals surface area contributed by atoms with Crippen LogP contribution in [0.15, 0.2) is 146 Å². The Kier molecular flexibility index (Phi) is 26.7. The summed E-state index contributed by atoms with van der Waals surface area (Å²) in [6.45, 7) is 7.19. The molecule has 2 aliphatic heterocycles. The SMILES string of the molecule is CC(C)C[C@@H]1NC(=O)[C@H](CCCN)NC(=O)[C@H](C(C)C)NC(=O)[C@H](Cc2ccc(O)cc2)NC(=O)[C@H](Cc2ccccc2)NC(=O)[C@H](CC(N)=O)NC(=O)[C@@H](Cc2ccccc2)NC(=O)[C@H](Cc2ccccc2)NC(=O)[C@@H]2CCCN2C(=O)[C@@H](Cc2ccccc2)NC1=O. The van der Waals surface area contributed by atoms with Crippen LogP contribution in [0.3, 0.4) is 0 Å². The zero-order chi connectivity index (χ0) is 67.8. The summed E-state index contributed by atoms with van der Waals surface area (Å²) >= 11 is 0. The maximum absolute atomic E-state index is 15.2. The number of rotatable bonds is 18. The molecule has 0 unspecified atom stereocenters. The van der Waals surface area contributed by atoms with E-state index in [1.165, 1.54) is 29.2 Å². The number of phenolic OH excluding ortho intramolecular Hbond substituents is 1. The van der Waals surface area contributed by atoms with Crippen molar-refractivity contribution in [2.24, 2.45) is 23.3 Å². The van der Waals surface area contributed by atoms with Gasteiger partial charge in [-0.05, 0) is 90.4 Å². The van der Waals surface area contributed by atoms with Crippen molar-refractivity contribution < 1.29 is 57.8 Å². The first kappa shape index (κ1) is 71.5. The predicted molar refractivity (Wildman–Crippen MR) is 351 cm³/mol. The number of primary amides is 1. The number of fused-ring (bicyclic) bond motifs is 1. The summed E-state index contributed by atoms with van der Waals surface area (Å²) in [5, 5.41) is 35.1. The van der Waals surface area contributed by atoms with Gasteiger partial charge in [0.15, 0.2) is 0 Å². The van der Waals surface area contributed by atoms with Crippen molar-refractivity contribution in [2.75, 3.05) is 13.1 Å². The highest BCUT2D eigenvalue weighted by molar-refractivity contribution is 6.00. The molecule has 2 heterocycles. The van der Waals surface area contributed by atoms with Gasteiger partial charge in [-0.1, -0.05) is 161 Å². The Hall–Kier alpha value is -9.97. The zero-order valence-electron chi connectivity index (χ0n) is 53.5. The van der Waals surface area contributed by atoms with Crippen molar-refractivity contribution in [3.63, 3.8) is 0 Å². The van der Waals surface area contributed by atoms with E-state index in [0.29, 0.717) is 34.2 Å². The summed E-state index contributed by atoms with van der Waals surface area (Å²) in [6, 6.07) is 26.5. The van der Waals surface area contributed by atoms with Gasteiger partial charge in [0.25, 0.3) is 0 Å². The quantitative estimate of drug-likeness (QED) is 0.0594. The van der Waals surface area contributed by atoms with Crippen molar-refractivity contribution in [2.45, 2.75) is 159 Å². The second kappa shape index (κ2) is 35.2. The lowest BCUT2D eigenvalue weighted by molar-refractivity contribution is -0.142. The van der Waals surface area contributed by atoms with E-state index in [1.807, 2.05) is 13.8 Å². The first-order valence-corrected chi connectivity index (χ1v) is 32.0. The number of carbonyl (C=O) groups excluding carboxylic acids is 11. The molecule has 7 rings (SSSR count). The monoisotopic (exact) mass is 1290 g/mol. The summed E-state index contributed by atoms with van der Waals surface area (Å²) in [7, 11) is 0. The first-order valence-electron chi connectivity index (χ1n) is 32.0. The highest BCUT2D eigenvalue weighted by atomic mass is 16.3. The average Bonchev–Trinajstić information content (AvgIpc) is 1.55. The molecule has 500 valence electrons. The van der Waals surface area contributed by atoms with E-state index in [-0.39, 0.29) is 82.5 Å². The number of benzene rings is 5. The summed E-state index contributed by atoms with van der Waals surface area (Å²) in [5.74, 6) is -10.2. The topological polar surface area (TPSA) is 372 Å². The number of aromatic hydroxyl groups is 1. The summed E-state index contributed by atoms with van der Waals surface area (Å²) in [6.07, 6.45) is -0.668. The van der Waals surface area contributed by atoms with Crippen molar-refractivity contribution in [1.29, 1.82) is 0 Å². The fraction of sp³-hybridized carbons (Fsp3) is 0.414. The summed E-state index contributed by atoms with van der Waals surface area (Å²) in [4.78, 5) is 163. The molecule has 11 amide bonds. The van der Waals surface area contributed by atoms with E-state index in [1.54, 1.807) is 135 Å². The Bertz CT molecular complexity index is 3400. The number of carbonyl (C=O) groups is 11. The fourth-order valence-electron chi connectivity index (χ4n) is 11.5. The first-order chi connectivity index (χ1) is 45.0. The van der Waals surface area contributed by atoms with Gasteiger partial charge in [0.2, 0.25) is 65.0 Å². The van der Waals surface area contributed by atoms with Gasteiger partial charge in [0, 0.05) is 38.6 Å². The molecule has 94 heavy (non-hydrogen) atoms. The minimum Gasteiger partial charge on any atom is -0.508 e. The molecule has 5 aromatic carbocycles. The van der Waals surface area contributed by atoms with E-state index in [9.17, 15) is 48.3 Å². The summed E-state index contributed by atoms with van der Waals surface area (Å²) < 4.78 is 0. The van der Waals surface area contributed by atoms with Crippen LogP contribution in [0, 0.1) is 11.8 Å².